The Labute approximate surface area is 115 Å². The summed E-state index contributed by atoms with van der Waals surface area (Å²) >= 11 is 3.70. The highest BCUT2D eigenvalue weighted by molar-refractivity contribution is 9.09. The van der Waals surface area contributed by atoms with E-state index in [1.165, 1.54) is 5.56 Å². The fourth-order valence-corrected chi connectivity index (χ4v) is 2.44. The van der Waals surface area contributed by atoms with Gasteiger partial charge in [-0.1, -0.05) is 46.3 Å². The van der Waals surface area contributed by atoms with Crippen LogP contribution in [0.2, 0.25) is 0 Å². The van der Waals surface area contributed by atoms with Crippen molar-refractivity contribution in [3.05, 3.63) is 53.5 Å². The molecule has 18 heavy (non-hydrogen) atoms. The maximum atomic E-state index is 5.21. The van der Waals surface area contributed by atoms with Gasteiger partial charge >= 0.3 is 0 Å². The highest BCUT2D eigenvalue weighted by atomic mass is 79.9. The number of alkyl halides is 1. The lowest BCUT2D eigenvalue weighted by atomic mass is 10.1. The molecule has 0 N–H and O–H groups in total. The van der Waals surface area contributed by atoms with Gasteiger partial charge in [-0.2, -0.15) is 0 Å². The molecule has 0 spiro atoms. The second kappa shape index (κ2) is 5.96. The zero-order chi connectivity index (χ0) is 13.0. The molecule has 2 aromatic rings. The Morgan fingerprint density at radius 1 is 1.22 bits per heavy atom. The number of methoxy groups -OCH3 is 1. The summed E-state index contributed by atoms with van der Waals surface area (Å²) in [6.45, 7) is 1.98. The van der Waals surface area contributed by atoms with Crippen LogP contribution in [0.15, 0.2) is 36.7 Å². The van der Waals surface area contributed by atoms with Gasteiger partial charge in [0.15, 0.2) is 0 Å². The molecule has 1 heterocycles. The van der Waals surface area contributed by atoms with Crippen LogP contribution in [0.3, 0.4) is 0 Å². The van der Waals surface area contributed by atoms with Crippen LogP contribution < -0.4 is 4.74 Å². The van der Waals surface area contributed by atoms with Gasteiger partial charge < -0.3 is 4.74 Å². The Hall–Kier alpha value is -1.42. The molecule has 0 radical (unpaired) electrons. The molecular weight excluding hydrogens is 292 g/mol. The molecule has 2 rings (SSSR count). The minimum absolute atomic E-state index is 0.247. The fraction of sp³-hybridized carbons (Fsp3) is 0.286. The molecule has 0 aliphatic carbocycles. The van der Waals surface area contributed by atoms with Gasteiger partial charge in [0.2, 0.25) is 5.88 Å². The number of hydrogen-bond acceptors (Lipinski definition) is 3. The molecule has 0 bridgehead atoms. The quantitative estimate of drug-likeness (QED) is 0.811. The number of ether oxygens (including phenoxy) is 1. The second-order valence-corrected chi connectivity index (χ2v) is 5.14. The van der Waals surface area contributed by atoms with Gasteiger partial charge in [0, 0.05) is 16.8 Å². The Morgan fingerprint density at radius 2 is 1.94 bits per heavy atom. The van der Waals surface area contributed by atoms with E-state index in [0.29, 0.717) is 5.88 Å². The van der Waals surface area contributed by atoms with Crippen molar-refractivity contribution in [1.82, 2.24) is 9.97 Å². The van der Waals surface area contributed by atoms with E-state index < -0.39 is 0 Å². The van der Waals surface area contributed by atoms with Crippen molar-refractivity contribution in [2.24, 2.45) is 0 Å². The predicted molar refractivity (Wildman–Crippen MR) is 75.1 cm³/mol. The van der Waals surface area contributed by atoms with Gasteiger partial charge in [0.25, 0.3) is 0 Å². The third-order valence-corrected chi connectivity index (χ3v) is 3.72. The van der Waals surface area contributed by atoms with Crippen LogP contribution in [-0.2, 0) is 6.42 Å². The minimum Gasteiger partial charge on any atom is -0.481 e. The zero-order valence-corrected chi connectivity index (χ0v) is 12.0. The third kappa shape index (κ3) is 2.88. The van der Waals surface area contributed by atoms with Crippen LogP contribution in [0.1, 0.15) is 21.6 Å². The average Bonchev–Trinajstić information content (AvgIpc) is 2.42. The van der Waals surface area contributed by atoms with Crippen molar-refractivity contribution >= 4 is 15.9 Å². The largest absolute Gasteiger partial charge is 0.481 e. The Balaban J connectivity index is 2.19. The highest BCUT2D eigenvalue weighted by Crippen LogP contribution is 2.28. The summed E-state index contributed by atoms with van der Waals surface area (Å²) in [6.07, 6.45) is 2.36. The number of hydrogen-bond donors (Lipinski definition) is 0. The summed E-state index contributed by atoms with van der Waals surface area (Å²) in [4.78, 5) is 8.67. The van der Waals surface area contributed by atoms with Crippen molar-refractivity contribution in [2.75, 3.05) is 7.11 Å². The lowest BCUT2D eigenvalue weighted by Crippen LogP contribution is -2.03. The first kappa shape index (κ1) is 13.0. The van der Waals surface area contributed by atoms with E-state index in [4.69, 9.17) is 4.74 Å². The predicted octanol–water partition coefficient (Wildman–Crippen LogP) is 3.47. The molecule has 0 aliphatic rings. The summed E-state index contributed by atoms with van der Waals surface area (Å²) in [5.41, 5.74) is 3.25. The van der Waals surface area contributed by atoms with E-state index in [1.807, 2.05) is 25.1 Å². The molecule has 1 aromatic heterocycles. The molecule has 94 valence electrons. The molecule has 0 saturated carbocycles. The van der Waals surface area contributed by atoms with E-state index in [0.717, 1.165) is 17.7 Å². The SMILES string of the molecule is COc1ncnc(CC(Br)c2ccccc2)c1C. The van der Waals surface area contributed by atoms with Crippen molar-refractivity contribution in [3.8, 4) is 5.88 Å². The van der Waals surface area contributed by atoms with Crippen LogP contribution >= 0.6 is 15.9 Å². The Bertz CT molecular complexity index is 516. The maximum absolute atomic E-state index is 5.21. The Kier molecular flexibility index (Phi) is 4.31. The number of nitrogens with zero attached hydrogens (tertiary/aromatic N) is 2. The lowest BCUT2D eigenvalue weighted by Gasteiger charge is -2.12. The van der Waals surface area contributed by atoms with Crippen molar-refractivity contribution < 1.29 is 4.74 Å². The smallest absolute Gasteiger partial charge is 0.219 e. The first-order valence-corrected chi connectivity index (χ1v) is 6.67. The summed E-state index contributed by atoms with van der Waals surface area (Å²) < 4.78 is 5.21. The van der Waals surface area contributed by atoms with Crippen molar-refractivity contribution in [1.29, 1.82) is 0 Å². The summed E-state index contributed by atoms with van der Waals surface area (Å²) in [5.74, 6) is 0.646. The third-order valence-electron chi connectivity index (χ3n) is 2.87. The molecule has 4 heteroatoms. The standard InChI is InChI=1S/C14H15BrN2O/c1-10-13(16-9-17-14(10)18-2)8-12(15)11-6-4-3-5-7-11/h3-7,9,12H,8H2,1-2H3. The van der Waals surface area contributed by atoms with Crippen LogP contribution in [0.25, 0.3) is 0 Å². The van der Waals surface area contributed by atoms with E-state index >= 15 is 0 Å². The highest BCUT2D eigenvalue weighted by Gasteiger charge is 2.13. The fourth-order valence-electron chi connectivity index (χ4n) is 1.83. The first-order chi connectivity index (χ1) is 8.72. The van der Waals surface area contributed by atoms with E-state index in [9.17, 15) is 0 Å². The topological polar surface area (TPSA) is 35.0 Å². The molecule has 1 aromatic carbocycles. The molecule has 0 fully saturated rings. The zero-order valence-electron chi connectivity index (χ0n) is 10.4. The summed E-state index contributed by atoms with van der Waals surface area (Å²) in [7, 11) is 1.63. The number of rotatable bonds is 4. The van der Waals surface area contributed by atoms with E-state index in [1.54, 1.807) is 13.4 Å². The van der Waals surface area contributed by atoms with Gasteiger partial charge in [-0.15, -0.1) is 0 Å². The van der Waals surface area contributed by atoms with Crippen molar-refractivity contribution in [2.45, 2.75) is 18.2 Å². The maximum Gasteiger partial charge on any atom is 0.219 e. The number of halogens is 1. The summed E-state index contributed by atoms with van der Waals surface area (Å²) in [6, 6.07) is 10.3. The van der Waals surface area contributed by atoms with Crippen LogP contribution in [-0.4, -0.2) is 17.1 Å². The minimum atomic E-state index is 0.247. The monoisotopic (exact) mass is 306 g/mol. The first-order valence-electron chi connectivity index (χ1n) is 5.76. The van der Waals surface area contributed by atoms with Crippen LogP contribution in [0.4, 0.5) is 0 Å². The van der Waals surface area contributed by atoms with Gasteiger partial charge in [-0.05, 0) is 12.5 Å². The van der Waals surface area contributed by atoms with Gasteiger partial charge in [0.1, 0.15) is 6.33 Å². The molecule has 0 saturated heterocycles. The second-order valence-electron chi connectivity index (χ2n) is 4.04. The van der Waals surface area contributed by atoms with Gasteiger partial charge in [-0.3, -0.25) is 0 Å². The summed E-state index contributed by atoms with van der Waals surface area (Å²) in [5, 5.41) is 0. The van der Waals surface area contributed by atoms with E-state index in [2.05, 4.69) is 38.0 Å². The molecule has 1 atom stereocenters. The average molecular weight is 307 g/mol. The van der Waals surface area contributed by atoms with Crippen LogP contribution in [0, 0.1) is 6.92 Å². The van der Waals surface area contributed by atoms with Crippen LogP contribution in [0.5, 0.6) is 5.88 Å². The normalized spacial score (nSPS) is 12.2. The number of benzene rings is 1. The van der Waals surface area contributed by atoms with Gasteiger partial charge in [0.05, 0.1) is 12.8 Å². The molecule has 0 aliphatic heterocycles. The van der Waals surface area contributed by atoms with Crippen molar-refractivity contribution in [3.63, 3.8) is 0 Å². The molecule has 1 unspecified atom stereocenters. The molecular formula is C14H15BrN2O. The van der Waals surface area contributed by atoms with Gasteiger partial charge in [-0.25, -0.2) is 9.97 Å². The van der Waals surface area contributed by atoms with E-state index in [-0.39, 0.29) is 4.83 Å². The molecule has 3 nitrogen and oxygen atoms in total. The number of aromatic nitrogens is 2. The molecule has 0 amide bonds. The Morgan fingerprint density at radius 3 is 2.61 bits per heavy atom. The lowest BCUT2D eigenvalue weighted by molar-refractivity contribution is 0.392.